The van der Waals surface area contributed by atoms with Crippen molar-refractivity contribution in [1.29, 1.82) is 0 Å². The molecule has 0 saturated heterocycles. The quantitative estimate of drug-likeness (QED) is 0.334. The van der Waals surface area contributed by atoms with Crippen LogP contribution in [-0.2, 0) is 16.6 Å². The minimum Gasteiger partial charge on any atom is -0.444 e. The Morgan fingerprint density at radius 3 is 2.65 bits per heavy atom. The predicted molar refractivity (Wildman–Crippen MR) is 114 cm³/mol. The summed E-state index contributed by atoms with van der Waals surface area (Å²) in [6, 6.07) is 3.33. The van der Waals surface area contributed by atoms with Crippen LogP contribution in [0, 0.1) is 13.8 Å². The molecule has 0 amide bonds. The van der Waals surface area contributed by atoms with E-state index in [9.17, 15) is 8.42 Å². The maximum Gasteiger partial charge on any atom is 0.252 e. The summed E-state index contributed by atoms with van der Waals surface area (Å²) in [5, 5.41) is 7.91. The number of sulfonamides is 1. The summed E-state index contributed by atoms with van der Waals surface area (Å²) in [5.74, 6) is 1.92. The fourth-order valence-corrected chi connectivity index (χ4v) is 4.38. The number of likely N-dealkylation sites (N-methyl/N-ethyl adjacent to an activating group) is 1. The van der Waals surface area contributed by atoms with E-state index in [2.05, 4.69) is 20.6 Å². The van der Waals surface area contributed by atoms with Crippen LogP contribution in [0.2, 0.25) is 0 Å². The highest BCUT2D eigenvalue weighted by Crippen LogP contribution is 2.19. The van der Waals surface area contributed by atoms with Gasteiger partial charge >= 0.3 is 0 Å². The molecular formula is C15H24IN5O3S2. The van der Waals surface area contributed by atoms with E-state index in [0.717, 1.165) is 11.5 Å². The highest BCUT2D eigenvalue weighted by Gasteiger charge is 2.21. The second-order valence-corrected chi connectivity index (χ2v) is 8.58. The van der Waals surface area contributed by atoms with Crippen LogP contribution in [0.1, 0.15) is 17.3 Å². The summed E-state index contributed by atoms with van der Waals surface area (Å²) in [6.45, 7) is 4.89. The largest absolute Gasteiger partial charge is 0.444 e. The lowest BCUT2D eigenvalue weighted by Gasteiger charge is -2.17. The summed E-state index contributed by atoms with van der Waals surface area (Å²) in [7, 11) is -0.224. The highest BCUT2D eigenvalue weighted by molar-refractivity contribution is 14.0. The van der Waals surface area contributed by atoms with E-state index in [1.165, 1.54) is 15.6 Å². The van der Waals surface area contributed by atoms with Crippen LogP contribution in [0.25, 0.3) is 0 Å². The number of aliphatic imine (C=N–C) groups is 1. The SMILES string of the molecule is CN=C(NCCN(C)S(=O)(=O)c1cccs1)NCc1nc(C)c(C)o1.I. The molecule has 0 aliphatic rings. The zero-order valence-corrected chi connectivity index (χ0v) is 19.1. The van der Waals surface area contributed by atoms with Crippen molar-refractivity contribution >= 4 is 51.3 Å². The Morgan fingerprint density at radius 1 is 1.38 bits per heavy atom. The van der Waals surface area contributed by atoms with Crippen LogP contribution in [0.4, 0.5) is 0 Å². The number of hydrogen-bond donors (Lipinski definition) is 2. The third-order valence-corrected chi connectivity index (χ3v) is 6.81. The summed E-state index contributed by atoms with van der Waals surface area (Å²) >= 11 is 1.21. The summed E-state index contributed by atoms with van der Waals surface area (Å²) in [4.78, 5) is 8.39. The van der Waals surface area contributed by atoms with Crippen LogP contribution in [0.15, 0.2) is 31.1 Å². The van der Waals surface area contributed by atoms with Crippen molar-refractivity contribution in [2.24, 2.45) is 4.99 Å². The van der Waals surface area contributed by atoms with Gasteiger partial charge in [0.25, 0.3) is 10.0 Å². The van der Waals surface area contributed by atoms with Gasteiger partial charge in [0.05, 0.1) is 12.2 Å². The van der Waals surface area contributed by atoms with Gasteiger partial charge in [-0.25, -0.2) is 13.4 Å². The van der Waals surface area contributed by atoms with Gasteiger partial charge in [0.15, 0.2) is 5.96 Å². The predicted octanol–water partition coefficient (Wildman–Crippen LogP) is 1.96. The molecule has 2 rings (SSSR count). The van der Waals surface area contributed by atoms with E-state index in [1.54, 1.807) is 31.6 Å². The lowest BCUT2D eigenvalue weighted by Crippen LogP contribution is -2.41. The minimum atomic E-state index is -3.43. The lowest BCUT2D eigenvalue weighted by molar-refractivity contribution is 0.461. The molecule has 2 aromatic rings. The number of aryl methyl sites for hydroxylation is 2. The first kappa shape index (κ1) is 22.9. The van der Waals surface area contributed by atoms with E-state index >= 15 is 0 Å². The Morgan fingerprint density at radius 2 is 2.12 bits per heavy atom. The molecule has 0 unspecified atom stereocenters. The number of nitrogens with zero attached hydrogens (tertiary/aromatic N) is 3. The van der Waals surface area contributed by atoms with Crippen LogP contribution >= 0.6 is 35.3 Å². The van der Waals surface area contributed by atoms with Gasteiger partial charge in [-0.1, -0.05) is 6.07 Å². The topological polar surface area (TPSA) is 99.8 Å². The van der Waals surface area contributed by atoms with Gasteiger partial charge in [-0.3, -0.25) is 4.99 Å². The van der Waals surface area contributed by atoms with Crippen LogP contribution < -0.4 is 10.6 Å². The Labute approximate surface area is 175 Å². The number of nitrogens with one attached hydrogen (secondary N) is 2. The molecule has 2 heterocycles. The first-order chi connectivity index (χ1) is 11.8. The average Bonchev–Trinajstić information content (AvgIpc) is 3.21. The second kappa shape index (κ2) is 10.2. The smallest absolute Gasteiger partial charge is 0.252 e. The van der Waals surface area contributed by atoms with Crippen molar-refractivity contribution in [2.75, 3.05) is 27.2 Å². The molecule has 0 atom stereocenters. The van der Waals surface area contributed by atoms with E-state index in [1.807, 2.05) is 13.8 Å². The average molecular weight is 513 g/mol. The molecule has 2 aromatic heterocycles. The zero-order valence-electron chi connectivity index (χ0n) is 15.1. The van der Waals surface area contributed by atoms with Gasteiger partial charge in [0.2, 0.25) is 5.89 Å². The Balaban J connectivity index is 0.00000338. The van der Waals surface area contributed by atoms with Crippen molar-refractivity contribution < 1.29 is 12.8 Å². The maximum absolute atomic E-state index is 12.3. The van der Waals surface area contributed by atoms with Crippen LogP contribution in [0.3, 0.4) is 0 Å². The fraction of sp³-hybridized carbons (Fsp3) is 0.467. The monoisotopic (exact) mass is 513 g/mol. The van der Waals surface area contributed by atoms with Gasteiger partial charge in [-0.05, 0) is 25.3 Å². The summed E-state index contributed by atoms with van der Waals surface area (Å²) < 4.78 is 31.8. The molecule has 0 radical (unpaired) electrons. The maximum atomic E-state index is 12.3. The van der Waals surface area contributed by atoms with Gasteiger partial charge in [0.1, 0.15) is 9.97 Å². The number of thiophene rings is 1. The second-order valence-electron chi connectivity index (χ2n) is 5.36. The zero-order chi connectivity index (χ0) is 18.4. The molecule has 0 aliphatic carbocycles. The number of halogens is 1. The molecule has 8 nitrogen and oxygen atoms in total. The van der Waals surface area contributed by atoms with Crippen molar-refractivity contribution in [3.05, 3.63) is 34.9 Å². The van der Waals surface area contributed by atoms with Gasteiger partial charge < -0.3 is 15.1 Å². The minimum absolute atomic E-state index is 0. The van der Waals surface area contributed by atoms with Crippen LogP contribution in [0.5, 0.6) is 0 Å². The molecular weight excluding hydrogens is 489 g/mol. The number of oxazole rings is 1. The summed E-state index contributed by atoms with van der Waals surface area (Å²) in [5.41, 5.74) is 0.861. The molecule has 0 aromatic carbocycles. The number of hydrogen-bond acceptors (Lipinski definition) is 6. The van der Waals surface area contributed by atoms with E-state index in [4.69, 9.17) is 4.42 Å². The highest BCUT2D eigenvalue weighted by atomic mass is 127. The van der Waals surface area contributed by atoms with E-state index < -0.39 is 10.0 Å². The molecule has 11 heteroatoms. The summed E-state index contributed by atoms with van der Waals surface area (Å²) in [6.07, 6.45) is 0. The Bertz CT molecular complexity index is 799. The molecule has 2 N–H and O–H groups in total. The molecule has 0 saturated carbocycles. The van der Waals surface area contributed by atoms with Gasteiger partial charge in [-0.15, -0.1) is 35.3 Å². The molecule has 146 valence electrons. The Hall–Kier alpha value is -1.18. The third-order valence-electron chi connectivity index (χ3n) is 3.58. The van der Waals surface area contributed by atoms with E-state index in [0.29, 0.717) is 35.7 Å². The fourth-order valence-electron chi connectivity index (χ4n) is 2.01. The number of aromatic nitrogens is 1. The van der Waals surface area contributed by atoms with E-state index in [-0.39, 0.29) is 24.0 Å². The molecule has 26 heavy (non-hydrogen) atoms. The number of guanidine groups is 1. The molecule has 0 aliphatic heterocycles. The standard InChI is InChI=1S/C15H23N5O3S2.HI/c1-11-12(2)23-13(19-11)10-18-15(16-3)17-7-8-20(4)25(21,22)14-6-5-9-24-14;/h5-6,9H,7-8,10H2,1-4H3,(H2,16,17,18);1H. The first-order valence-corrected chi connectivity index (χ1v) is 10.0. The van der Waals surface area contributed by atoms with Crippen molar-refractivity contribution in [1.82, 2.24) is 19.9 Å². The molecule has 0 fully saturated rings. The number of rotatable bonds is 7. The van der Waals surface area contributed by atoms with Gasteiger partial charge in [0, 0.05) is 27.2 Å². The van der Waals surface area contributed by atoms with Crippen molar-refractivity contribution in [2.45, 2.75) is 24.6 Å². The normalized spacial score (nSPS) is 12.1. The van der Waals surface area contributed by atoms with Crippen molar-refractivity contribution in [3.8, 4) is 0 Å². The van der Waals surface area contributed by atoms with Crippen LogP contribution in [-0.4, -0.2) is 50.9 Å². The van der Waals surface area contributed by atoms with Gasteiger partial charge in [-0.2, -0.15) is 4.31 Å². The molecule has 0 spiro atoms. The first-order valence-electron chi connectivity index (χ1n) is 7.72. The third kappa shape index (κ3) is 5.93. The molecule has 0 bridgehead atoms. The van der Waals surface area contributed by atoms with Crippen molar-refractivity contribution in [3.63, 3.8) is 0 Å². The lowest BCUT2D eigenvalue weighted by atomic mass is 10.4. The Kier molecular flexibility index (Phi) is 9.00.